The predicted octanol–water partition coefficient (Wildman–Crippen LogP) is 6.40. The monoisotopic (exact) mass is 498 g/mol. The topological polar surface area (TPSA) is 65.1 Å². The van der Waals surface area contributed by atoms with E-state index in [0.717, 1.165) is 34.2 Å². The molecule has 0 saturated heterocycles. The Morgan fingerprint density at radius 1 is 0.839 bits per heavy atom. The molecule has 0 spiro atoms. The number of benzene rings is 2. The average Bonchev–Trinajstić information content (AvgIpc) is 3.27. The summed E-state index contributed by atoms with van der Waals surface area (Å²) in [5, 5.41) is 0. The Morgan fingerprint density at radius 3 is 1.68 bits per heavy atom. The first-order valence-corrected chi connectivity index (χ1v) is 12.3. The van der Waals surface area contributed by atoms with Gasteiger partial charge in [0.2, 0.25) is 0 Å². The van der Waals surface area contributed by atoms with Crippen molar-refractivity contribution < 1.29 is 22.7 Å². The number of aromatic nitrogens is 1. The Hall–Kier alpha value is -2.37. The molecule has 0 aliphatic carbocycles. The summed E-state index contributed by atoms with van der Waals surface area (Å²) in [5.41, 5.74) is 6.62. The van der Waals surface area contributed by atoms with Crippen molar-refractivity contribution >= 4 is 49.0 Å². The molecule has 5 nitrogen and oxygen atoms in total. The van der Waals surface area contributed by atoms with Gasteiger partial charge < -0.3 is 9.72 Å². The fourth-order valence-electron chi connectivity index (χ4n) is 2.68. The molecular weight excluding hydrogens is 477 g/mol. The minimum absolute atomic E-state index is 0.194. The van der Waals surface area contributed by atoms with Crippen LogP contribution in [-0.2, 0) is 17.9 Å². The number of carbonyl (C=O) groups excluding carboxylic acids is 1. The normalized spacial score (nSPS) is 11.5. The number of esters is 1. The summed E-state index contributed by atoms with van der Waals surface area (Å²) in [7, 11) is 10.9. The molecule has 2 aromatic carbocycles. The van der Waals surface area contributed by atoms with Crippen molar-refractivity contribution in [1.82, 2.24) is 4.98 Å². The van der Waals surface area contributed by atoms with Crippen molar-refractivity contribution in [2.24, 2.45) is 9.98 Å². The third-order valence-electron chi connectivity index (χ3n) is 4.30. The van der Waals surface area contributed by atoms with E-state index >= 15 is 0 Å². The van der Waals surface area contributed by atoms with Crippen LogP contribution in [0.15, 0.2) is 70.6 Å². The molecule has 3 aromatic rings. The summed E-state index contributed by atoms with van der Waals surface area (Å²) >= 11 is 0.194. The van der Waals surface area contributed by atoms with Crippen LogP contribution < -0.4 is 4.98 Å². The molecule has 0 atom stereocenters. The second-order valence-corrected chi connectivity index (χ2v) is 8.36. The molecule has 0 radical (unpaired) electrons. The molecule has 0 aliphatic rings. The van der Waals surface area contributed by atoms with Crippen molar-refractivity contribution in [3.63, 3.8) is 0 Å². The van der Waals surface area contributed by atoms with Gasteiger partial charge in [0, 0.05) is 11.4 Å². The van der Waals surface area contributed by atoms with Crippen LogP contribution in [0.1, 0.15) is 41.2 Å². The summed E-state index contributed by atoms with van der Waals surface area (Å²) in [5.74, 6) is -0.363. The first-order valence-electron chi connectivity index (χ1n) is 9.23. The van der Waals surface area contributed by atoms with Gasteiger partial charge in [0.15, 0.2) is 0 Å². The number of halogens is 2. The van der Waals surface area contributed by atoms with Crippen LogP contribution in [0.2, 0.25) is 0 Å². The minimum atomic E-state index is -0.363. The van der Waals surface area contributed by atoms with Gasteiger partial charge in [-0.25, -0.2) is 4.79 Å². The predicted molar refractivity (Wildman–Crippen MR) is 124 cm³/mol. The molecule has 0 saturated carbocycles. The Kier molecular flexibility index (Phi) is 10.0. The van der Waals surface area contributed by atoms with Crippen molar-refractivity contribution in [3.8, 4) is 0 Å². The molecule has 31 heavy (non-hydrogen) atoms. The van der Waals surface area contributed by atoms with E-state index in [0.29, 0.717) is 5.56 Å². The fourth-order valence-corrected chi connectivity index (χ4v) is 2.68. The Labute approximate surface area is 197 Å². The molecular formula is C23H22Cl2FeN3O2. The van der Waals surface area contributed by atoms with Crippen molar-refractivity contribution in [2.45, 2.75) is 20.8 Å². The third kappa shape index (κ3) is 7.67. The van der Waals surface area contributed by atoms with Crippen LogP contribution in [0, 0.1) is 6.92 Å². The molecule has 0 unspecified atom stereocenters. The van der Waals surface area contributed by atoms with Gasteiger partial charge in [0.05, 0.1) is 24.0 Å². The van der Waals surface area contributed by atoms with Gasteiger partial charge in [-0.2, -0.15) is 0 Å². The van der Waals surface area contributed by atoms with Crippen molar-refractivity contribution in [1.29, 1.82) is 0 Å². The number of hydrogen-bond acceptors (Lipinski definition) is 4. The number of ether oxygens (including phenoxy) is 1. The van der Waals surface area contributed by atoms with Crippen LogP contribution in [0.3, 0.4) is 0 Å². The SMILES string of the molecule is COC(=O)c1ccc(N=C(C)c2ccc(C(C)=Nc3ccc(C)cc3)[n-]2)cc1.[Cl][Fe+][Cl]. The zero-order valence-electron chi connectivity index (χ0n) is 17.5. The summed E-state index contributed by atoms with van der Waals surface area (Å²) in [6, 6.07) is 18.9. The summed E-state index contributed by atoms with van der Waals surface area (Å²) in [6.07, 6.45) is 0. The molecule has 163 valence electrons. The van der Waals surface area contributed by atoms with Crippen LogP contribution in [-0.4, -0.2) is 24.5 Å². The van der Waals surface area contributed by atoms with Gasteiger partial charge in [0.1, 0.15) is 0 Å². The van der Waals surface area contributed by atoms with E-state index in [1.165, 1.54) is 12.7 Å². The molecule has 1 heterocycles. The Bertz CT molecular complexity index is 1060. The van der Waals surface area contributed by atoms with E-state index in [1.807, 2.05) is 50.2 Å². The van der Waals surface area contributed by atoms with E-state index in [4.69, 9.17) is 24.9 Å². The van der Waals surface area contributed by atoms with Gasteiger partial charge in [-0.1, -0.05) is 29.8 Å². The number of methoxy groups -OCH3 is 1. The summed E-state index contributed by atoms with van der Waals surface area (Å²) < 4.78 is 4.70. The number of aryl methyl sites for hydroxylation is 1. The number of rotatable bonds is 5. The van der Waals surface area contributed by atoms with E-state index in [2.05, 4.69) is 21.9 Å². The van der Waals surface area contributed by atoms with E-state index < -0.39 is 0 Å². The van der Waals surface area contributed by atoms with Crippen LogP contribution in [0.25, 0.3) is 0 Å². The molecule has 0 fully saturated rings. The standard InChI is InChI=1S/C23H23N3O2.2ClH.Fe/c1-15-5-9-19(10-6-15)24-16(2)21-13-14-22(26-21)17(3)25-20-11-7-18(8-12-20)23(27)28-4;;;/h5-14H,1-4H3,(H,24,25,26,27);2*1H;/q;;;+3/p-3. The molecule has 0 N–H and O–H groups in total. The van der Waals surface area contributed by atoms with Gasteiger partial charge >= 0.3 is 39.3 Å². The molecule has 3 rings (SSSR count). The quantitative estimate of drug-likeness (QED) is 0.232. The average molecular weight is 499 g/mol. The van der Waals surface area contributed by atoms with E-state index in [-0.39, 0.29) is 19.1 Å². The number of carbonyl (C=O) groups is 1. The Morgan fingerprint density at radius 2 is 1.26 bits per heavy atom. The zero-order valence-corrected chi connectivity index (χ0v) is 20.2. The third-order valence-corrected chi connectivity index (χ3v) is 4.30. The zero-order chi connectivity index (χ0) is 22.8. The molecule has 0 aliphatic heterocycles. The van der Waals surface area contributed by atoms with Gasteiger partial charge in [-0.3, -0.25) is 9.98 Å². The number of hydrogen-bond donors (Lipinski definition) is 0. The van der Waals surface area contributed by atoms with E-state index in [9.17, 15) is 4.79 Å². The first-order chi connectivity index (χ1) is 14.9. The molecule has 0 amide bonds. The number of aliphatic imine (C=N–C) groups is 2. The maximum absolute atomic E-state index is 11.5. The summed E-state index contributed by atoms with van der Waals surface area (Å²) in [6.45, 7) is 5.91. The maximum atomic E-state index is 11.5. The number of nitrogens with zero attached hydrogens (tertiary/aromatic N) is 3. The Balaban J connectivity index is 0.00000107. The van der Waals surface area contributed by atoms with Gasteiger partial charge in [-0.15, -0.1) is 11.4 Å². The van der Waals surface area contributed by atoms with Gasteiger partial charge in [-0.05, 0) is 57.2 Å². The first kappa shape index (κ1) is 24.9. The van der Waals surface area contributed by atoms with Crippen molar-refractivity contribution in [3.05, 3.63) is 83.2 Å². The fraction of sp³-hybridized carbons (Fsp3) is 0.174. The molecule has 0 bridgehead atoms. The van der Waals surface area contributed by atoms with Crippen LogP contribution >= 0.6 is 20.2 Å². The molecule has 1 aromatic heterocycles. The molecule has 8 heteroatoms. The summed E-state index contributed by atoms with van der Waals surface area (Å²) in [4.78, 5) is 25.4. The van der Waals surface area contributed by atoms with Gasteiger partial charge in [0.25, 0.3) is 0 Å². The van der Waals surface area contributed by atoms with Crippen LogP contribution in [0.4, 0.5) is 11.4 Å². The second kappa shape index (κ2) is 12.5. The van der Waals surface area contributed by atoms with Crippen LogP contribution in [0.5, 0.6) is 0 Å². The second-order valence-electron chi connectivity index (χ2n) is 6.53. The van der Waals surface area contributed by atoms with Crippen molar-refractivity contribution in [2.75, 3.05) is 7.11 Å². The van der Waals surface area contributed by atoms with E-state index in [1.54, 1.807) is 24.3 Å².